The smallest absolute Gasteiger partial charge is 0.220 e. The second-order valence-corrected chi connectivity index (χ2v) is 8.34. The second kappa shape index (κ2) is 10.3. The fourth-order valence-corrected chi connectivity index (χ4v) is 3.85. The first-order valence-corrected chi connectivity index (χ1v) is 10.8. The quantitative estimate of drug-likeness (QED) is 0.620. The fourth-order valence-electron chi connectivity index (χ4n) is 3.85. The molecule has 1 heterocycles. The molecule has 0 radical (unpaired) electrons. The van der Waals surface area contributed by atoms with Crippen molar-refractivity contribution in [3.05, 3.63) is 59.7 Å². The summed E-state index contributed by atoms with van der Waals surface area (Å²) in [6.07, 6.45) is 3.77. The van der Waals surface area contributed by atoms with Crippen LogP contribution in [0.15, 0.2) is 48.5 Å². The van der Waals surface area contributed by atoms with E-state index in [1.54, 1.807) is 0 Å². The van der Waals surface area contributed by atoms with Crippen molar-refractivity contribution in [1.82, 2.24) is 5.32 Å². The van der Waals surface area contributed by atoms with Gasteiger partial charge in [-0.25, -0.2) is 0 Å². The lowest BCUT2D eigenvalue weighted by molar-refractivity contribution is -0.121. The normalized spacial score (nSPS) is 17.6. The fraction of sp³-hybridized carbons (Fsp3) is 0.480. The molecule has 29 heavy (non-hydrogen) atoms. The van der Waals surface area contributed by atoms with Gasteiger partial charge in [0.25, 0.3) is 0 Å². The number of anilines is 1. The Morgan fingerprint density at radius 2 is 1.90 bits per heavy atom. The zero-order chi connectivity index (χ0) is 20.6. The van der Waals surface area contributed by atoms with Crippen molar-refractivity contribution in [1.29, 1.82) is 0 Å². The number of amides is 1. The SMILES string of the molecule is Cc1ccc(OCCCC(=O)N[C@@H](C)c2ccc(N3CCC[C@H](C)C3)cc2)cc1. The highest BCUT2D eigenvalue weighted by Crippen LogP contribution is 2.24. The first-order valence-electron chi connectivity index (χ1n) is 10.8. The Hall–Kier alpha value is -2.49. The van der Waals surface area contributed by atoms with E-state index in [2.05, 4.69) is 48.3 Å². The number of aryl methyl sites for hydroxylation is 1. The van der Waals surface area contributed by atoms with Crippen LogP contribution in [0.4, 0.5) is 5.69 Å². The number of carbonyl (C=O) groups is 1. The molecule has 4 nitrogen and oxygen atoms in total. The predicted octanol–water partition coefficient (Wildman–Crippen LogP) is 5.27. The minimum Gasteiger partial charge on any atom is -0.494 e. The summed E-state index contributed by atoms with van der Waals surface area (Å²) in [7, 11) is 0. The van der Waals surface area contributed by atoms with Gasteiger partial charge in [0.1, 0.15) is 5.75 Å². The minimum atomic E-state index is 0.00912. The van der Waals surface area contributed by atoms with Crippen LogP contribution in [0.3, 0.4) is 0 Å². The van der Waals surface area contributed by atoms with Gasteiger partial charge in [-0.2, -0.15) is 0 Å². The highest BCUT2D eigenvalue weighted by atomic mass is 16.5. The molecule has 0 saturated carbocycles. The Balaban J connectivity index is 1.40. The Morgan fingerprint density at radius 3 is 2.59 bits per heavy atom. The number of carbonyl (C=O) groups excluding carboxylic acids is 1. The third kappa shape index (κ3) is 6.52. The summed E-state index contributed by atoms with van der Waals surface area (Å²) in [4.78, 5) is 14.7. The number of ether oxygens (including phenoxy) is 1. The predicted molar refractivity (Wildman–Crippen MR) is 120 cm³/mol. The first-order chi connectivity index (χ1) is 14.0. The third-order valence-corrected chi connectivity index (χ3v) is 5.63. The highest BCUT2D eigenvalue weighted by molar-refractivity contribution is 5.76. The molecule has 2 atom stereocenters. The van der Waals surface area contributed by atoms with Crippen LogP contribution >= 0.6 is 0 Å². The van der Waals surface area contributed by atoms with E-state index in [0.717, 1.165) is 30.3 Å². The van der Waals surface area contributed by atoms with E-state index in [4.69, 9.17) is 4.74 Å². The van der Waals surface area contributed by atoms with Gasteiger partial charge in [0.05, 0.1) is 12.6 Å². The standard InChI is InChI=1S/C25H34N2O2/c1-19-8-14-24(15-9-19)29-17-5-7-25(28)26-21(3)22-10-12-23(13-11-22)27-16-4-6-20(2)18-27/h8-15,20-21H,4-7,16-18H2,1-3H3,(H,26,28)/t20-,21-/m0/s1. The minimum absolute atomic E-state index is 0.00912. The molecule has 0 spiro atoms. The van der Waals surface area contributed by atoms with Gasteiger partial charge < -0.3 is 15.0 Å². The van der Waals surface area contributed by atoms with E-state index < -0.39 is 0 Å². The van der Waals surface area contributed by atoms with Gasteiger partial charge in [-0.3, -0.25) is 4.79 Å². The Morgan fingerprint density at radius 1 is 1.17 bits per heavy atom. The van der Waals surface area contributed by atoms with Crippen LogP contribution in [0.2, 0.25) is 0 Å². The average molecular weight is 395 g/mol. The lowest BCUT2D eigenvalue weighted by Gasteiger charge is -2.33. The summed E-state index contributed by atoms with van der Waals surface area (Å²) in [5, 5.41) is 3.10. The molecule has 0 unspecified atom stereocenters. The molecule has 1 saturated heterocycles. The molecule has 4 heteroatoms. The topological polar surface area (TPSA) is 41.6 Å². The maximum absolute atomic E-state index is 12.3. The van der Waals surface area contributed by atoms with Crippen molar-refractivity contribution < 1.29 is 9.53 Å². The largest absolute Gasteiger partial charge is 0.494 e. The van der Waals surface area contributed by atoms with E-state index in [-0.39, 0.29) is 11.9 Å². The van der Waals surface area contributed by atoms with Crippen molar-refractivity contribution >= 4 is 11.6 Å². The summed E-state index contributed by atoms with van der Waals surface area (Å²) in [6, 6.07) is 16.6. The average Bonchev–Trinajstić information content (AvgIpc) is 2.72. The summed E-state index contributed by atoms with van der Waals surface area (Å²) in [5.74, 6) is 1.68. The van der Waals surface area contributed by atoms with Gasteiger partial charge in [0.15, 0.2) is 0 Å². The number of nitrogens with one attached hydrogen (secondary N) is 1. The Bertz CT molecular complexity index is 770. The van der Waals surface area contributed by atoms with Crippen molar-refractivity contribution in [3.63, 3.8) is 0 Å². The van der Waals surface area contributed by atoms with Crippen molar-refractivity contribution in [3.8, 4) is 5.75 Å². The molecule has 2 aromatic carbocycles. The molecule has 0 aromatic heterocycles. The van der Waals surface area contributed by atoms with Gasteiger partial charge in [-0.05, 0) is 68.9 Å². The third-order valence-electron chi connectivity index (χ3n) is 5.63. The van der Waals surface area contributed by atoms with Crippen LogP contribution in [0.25, 0.3) is 0 Å². The van der Waals surface area contributed by atoms with E-state index >= 15 is 0 Å². The Labute approximate surface area is 175 Å². The van der Waals surface area contributed by atoms with Crippen LogP contribution in [0.1, 0.15) is 56.7 Å². The number of rotatable bonds is 8. The van der Waals surface area contributed by atoms with Crippen LogP contribution in [0, 0.1) is 12.8 Å². The molecule has 1 fully saturated rings. The number of hydrogen-bond donors (Lipinski definition) is 1. The first kappa shape index (κ1) is 21.2. The van der Waals surface area contributed by atoms with Crippen molar-refractivity contribution in [2.45, 2.75) is 52.5 Å². The number of hydrogen-bond acceptors (Lipinski definition) is 3. The highest BCUT2D eigenvalue weighted by Gasteiger charge is 2.17. The van der Waals surface area contributed by atoms with Crippen LogP contribution in [-0.2, 0) is 4.79 Å². The monoisotopic (exact) mass is 394 g/mol. The summed E-state index contributed by atoms with van der Waals surface area (Å²) < 4.78 is 5.69. The van der Waals surface area contributed by atoms with Gasteiger partial charge in [0.2, 0.25) is 5.91 Å². The molecule has 156 valence electrons. The van der Waals surface area contributed by atoms with Gasteiger partial charge in [0, 0.05) is 25.2 Å². The molecular formula is C25H34N2O2. The van der Waals surface area contributed by atoms with Crippen molar-refractivity contribution in [2.75, 3.05) is 24.6 Å². The van der Waals surface area contributed by atoms with E-state index in [1.165, 1.54) is 24.1 Å². The van der Waals surface area contributed by atoms with E-state index in [1.807, 2.05) is 31.2 Å². The molecule has 1 amide bonds. The van der Waals surface area contributed by atoms with E-state index in [0.29, 0.717) is 19.4 Å². The Kier molecular flexibility index (Phi) is 7.56. The lowest BCUT2D eigenvalue weighted by atomic mass is 9.99. The van der Waals surface area contributed by atoms with Gasteiger partial charge in [-0.15, -0.1) is 0 Å². The zero-order valence-electron chi connectivity index (χ0n) is 18.0. The molecule has 1 aliphatic rings. The molecule has 1 N–H and O–H groups in total. The maximum atomic E-state index is 12.3. The van der Waals surface area contributed by atoms with Crippen LogP contribution < -0.4 is 15.0 Å². The van der Waals surface area contributed by atoms with E-state index in [9.17, 15) is 4.79 Å². The number of piperidine rings is 1. The van der Waals surface area contributed by atoms with Crippen molar-refractivity contribution in [2.24, 2.45) is 5.92 Å². The molecular weight excluding hydrogens is 360 g/mol. The molecule has 3 rings (SSSR count). The molecule has 2 aromatic rings. The van der Waals surface area contributed by atoms with Crippen LogP contribution in [-0.4, -0.2) is 25.6 Å². The maximum Gasteiger partial charge on any atom is 0.220 e. The summed E-state index contributed by atoms with van der Waals surface area (Å²) in [5.41, 5.74) is 3.64. The van der Waals surface area contributed by atoms with Gasteiger partial charge in [-0.1, -0.05) is 36.8 Å². The van der Waals surface area contributed by atoms with Gasteiger partial charge >= 0.3 is 0 Å². The second-order valence-electron chi connectivity index (χ2n) is 8.34. The number of benzene rings is 2. The zero-order valence-corrected chi connectivity index (χ0v) is 18.0. The summed E-state index contributed by atoms with van der Waals surface area (Å²) in [6.45, 7) is 9.24. The molecule has 0 aliphatic carbocycles. The molecule has 0 bridgehead atoms. The summed E-state index contributed by atoms with van der Waals surface area (Å²) >= 11 is 0. The van der Waals surface area contributed by atoms with Crippen LogP contribution in [0.5, 0.6) is 5.75 Å². The number of nitrogens with zero attached hydrogens (tertiary/aromatic N) is 1. The molecule has 1 aliphatic heterocycles. The lowest BCUT2D eigenvalue weighted by Crippen LogP contribution is -2.34.